The van der Waals surface area contributed by atoms with Gasteiger partial charge in [-0.3, -0.25) is 4.79 Å². The van der Waals surface area contributed by atoms with E-state index in [4.69, 9.17) is 5.26 Å². The average molecular weight is 269 g/mol. The summed E-state index contributed by atoms with van der Waals surface area (Å²) in [5.41, 5.74) is 1.11. The van der Waals surface area contributed by atoms with E-state index < -0.39 is 0 Å². The van der Waals surface area contributed by atoms with Gasteiger partial charge in [0.1, 0.15) is 17.6 Å². The van der Waals surface area contributed by atoms with Crippen LogP contribution >= 0.6 is 0 Å². The predicted octanol–water partition coefficient (Wildman–Crippen LogP) is 2.06. The maximum Gasteiger partial charge on any atom is 0.251 e. The highest BCUT2D eigenvalue weighted by atomic mass is 19.1. The van der Waals surface area contributed by atoms with Gasteiger partial charge in [0.25, 0.3) is 5.91 Å². The summed E-state index contributed by atoms with van der Waals surface area (Å²) in [6.45, 7) is 0.323. The summed E-state index contributed by atoms with van der Waals surface area (Å²) in [7, 11) is 0. The lowest BCUT2D eigenvalue weighted by Gasteiger charge is -2.06. The fourth-order valence-corrected chi connectivity index (χ4v) is 1.75. The van der Waals surface area contributed by atoms with Crippen molar-refractivity contribution in [2.24, 2.45) is 0 Å². The number of aromatic nitrogens is 1. The van der Waals surface area contributed by atoms with E-state index in [9.17, 15) is 9.18 Å². The third-order valence-electron chi connectivity index (χ3n) is 2.77. The third-order valence-corrected chi connectivity index (χ3v) is 2.77. The Morgan fingerprint density at radius 3 is 2.90 bits per heavy atom. The first-order chi connectivity index (χ1) is 9.70. The second-order valence-electron chi connectivity index (χ2n) is 4.14. The molecule has 1 aromatic heterocycles. The maximum atomic E-state index is 13.4. The molecule has 1 N–H and O–H groups in total. The Balaban J connectivity index is 1.93. The highest BCUT2D eigenvalue weighted by Gasteiger charge is 2.07. The number of nitrogens with zero attached hydrogens (tertiary/aromatic N) is 2. The van der Waals surface area contributed by atoms with Crippen LogP contribution in [-0.4, -0.2) is 17.4 Å². The molecule has 0 saturated heterocycles. The molecule has 0 radical (unpaired) electrons. The van der Waals surface area contributed by atoms with Gasteiger partial charge in [0.2, 0.25) is 0 Å². The van der Waals surface area contributed by atoms with Crippen LogP contribution in [0.2, 0.25) is 0 Å². The molecule has 1 aromatic carbocycles. The number of benzene rings is 1. The fraction of sp³-hybridized carbons (Fsp3) is 0.133. The second kappa shape index (κ2) is 6.43. The van der Waals surface area contributed by atoms with Gasteiger partial charge in [-0.05, 0) is 30.2 Å². The molecule has 0 aliphatic carbocycles. The molecule has 0 bridgehead atoms. The minimum Gasteiger partial charge on any atom is -0.352 e. The normalized spacial score (nSPS) is 9.80. The van der Waals surface area contributed by atoms with E-state index in [2.05, 4.69) is 10.3 Å². The van der Waals surface area contributed by atoms with Crippen LogP contribution in [0.3, 0.4) is 0 Å². The zero-order valence-corrected chi connectivity index (χ0v) is 10.6. The number of hydrogen-bond acceptors (Lipinski definition) is 3. The van der Waals surface area contributed by atoms with Gasteiger partial charge in [-0.15, -0.1) is 0 Å². The number of hydrogen-bond donors (Lipinski definition) is 1. The number of amides is 1. The quantitative estimate of drug-likeness (QED) is 0.924. The molecule has 0 spiro atoms. The zero-order chi connectivity index (χ0) is 14.4. The van der Waals surface area contributed by atoms with Gasteiger partial charge < -0.3 is 5.32 Å². The highest BCUT2D eigenvalue weighted by molar-refractivity contribution is 5.94. The van der Waals surface area contributed by atoms with Gasteiger partial charge in [0.15, 0.2) is 0 Å². The smallest absolute Gasteiger partial charge is 0.251 e. The molecule has 0 unspecified atom stereocenters. The van der Waals surface area contributed by atoms with Crippen LogP contribution < -0.4 is 5.32 Å². The summed E-state index contributed by atoms with van der Waals surface area (Å²) < 4.78 is 13.4. The number of halogens is 1. The molecule has 20 heavy (non-hydrogen) atoms. The molecule has 2 aromatic rings. The maximum absolute atomic E-state index is 13.4. The summed E-state index contributed by atoms with van der Waals surface area (Å²) >= 11 is 0. The van der Waals surface area contributed by atoms with Crippen molar-refractivity contribution in [3.8, 4) is 6.07 Å². The van der Waals surface area contributed by atoms with E-state index in [1.165, 1.54) is 24.4 Å². The first kappa shape index (κ1) is 13.7. The van der Waals surface area contributed by atoms with Crippen molar-refractivity contribution in [3.05, 3.63) is 65.2 Å². The number of nitrogens with one attached hydrogen (secondary N) is 1. The van der Waals surface area contributed by atoms with E-state index in [0.29, 0.717) is 24.1 Å². The molecule has 2 rings (SSSR count). The van der Waals surface area contributed by atoms with Crippen LogP contribution in [0, 0.1) is 17.1 Å². The summed E-state index contributed by atoms with van der Waals surface area (Å²) in [4.78, 5) is 15.6. The Bertz CT molecular complexity index is 664. The summed E-state index contributed by atoms with van der Waals surface area (Å²) in [5.74, 6) is -0.585. The van der Waals surface area contributed by atoms with Crippen molar-refractivity contribution in [1.82, 2.24) is 10.3 Å². The third kappa shape index (κ3) is 3.39. The molecule has 1 amide bonds. The number of carbonyl (C=O) groups is 1. The van der Waals surface area contributed by atoms with Crippen molar-refractivity contribution >= 4 is 5.91 Å². The van der Waals surface area contributed by atoms with Crippen LogP contribution in [0.25, 0.3) is 0 Å². The molecule has 0 aliphatic heterocycles. The molecule has 0 saturated carbocycles. The average Bonchev–Trinajstić information content (AvgIpc) is 2.49. The Hall–Kier alpha value is -2.74. The number of nitriles is 1. The predicted molar refractivity (Wildman–Crippen MR) is 71.4 cm³/mol. The number of carbonyl (C=O) groups excluding carboxylic acids is 1. The van der Waals surface area contributed by atoms with E-state index in [-0.39, 0.29) is 17.4 Å². The summed E-state index contributed by atoms with van der Waals surface area (Å²) in [6.07, 6.45) is 1.82. The minimum atomic E-state index is -0.305. The van der Waals surface area contributed by atoms with Gasteiger partial charge in [-0.1, -0.05) is 18.2 Å². The Morgan fingerprint density at radius 2 is 2.15 bits per heavy atom. The molecule has 100 valence electrons. The Kier molecular flexibility index (Phi) is 4.40. The van der Waals surface area contributed by atoms with Gasteiger partial charge in [-0.25, -0.2) is 9.37 Å². The molecule has 0 atom stereocenters. The van der Waals surface area contributed by atoms with Gasteiger partial charge in [-0.2, -0.15) is 5.26 Å². The van der Waals surface area contributed by atoms with Crippen molar-refractivity contribution in [2.75, 3.05) is 6.54 Å². The molecule has 0 aliphatic rings. The molecule has 4 nitrogen and oxygen atoms in total. The van der Waals surface area contributed by atoms with E-state index in [1.807, 2.05) is 6.07 Å². The zero-order valence-electron chi connectivity index (χ0n) is 10.6. The molecular weight excluding hydrogens is 257 g/mol. The number of rotatable bonds is 4. The Morgan fingerprint density at radius 1 is 1.35 bits per heavy atom. The van der Waals surface area contributed by atoms with Crippen molar-refractivity contribution in [2.45, 2.75) is 6.42 Å². The van der Waals surface area contributed by atoms with Crippen molar-refractivity contribution < 1.29 is 9.18 Å². The van der Waals surface area contributed by atoms with Crippen molar-refractivity contribution in [3.63, 3.8) is 0 Å². The number of pyridine rings is 1. The fourth-order valence-electron chi connectivity index (χ4n) is 1.75. The summed E-state index contributed by atoms with van der Waals surface area (Å²) in [5, 5.41) is 11.4. The van der Waals surface area contributed by atoms with E-state index in [1.54, 1.807) is 18.2 Å². The molecule has 5 heteroatoms. The van der Waals surface area contributed by atoms with E-state index in [0.717, 1.165) is 0 Å². The van der Waals surface area contributed by atoms with Gasteiger partial charge >= 0.3 is 0 Å². The van der Waals surface area contributed by atoms with Gasteiger partial charge in [0, 0.05) is 18.3 Å². The van der Waals surface area contributed by atoms with Crippen LogP contribution in [0.1, 0.15) is 21.6 Å². The highest BCUT2D eigenvalue weighted by Crippen LogP contribution is 2.06. The lowest BCUT2D eigenvalue weighted by Crippen LogP contribution is -2.26. The van der Waals surface area contributed by atoms with Crippen LogP contribution in [-0.2, 0) is 6.42 Å². The first-order valence-corrected chi connectivity index (χ1v) is 6.08. The lowest BCUT2D eigenvalue weighted by molar-refractivity contribution is 0.0954. The lowest BCUT2D eigenvalue weighted by atomic mass is 10.1. The SMILES string of the molecule is N#Cc1cc(C(=O)NCCc2ccccc2F)ccn1. The minimum absolute atomic E-state index is 0.187. The first-order valence-electron chi connectivity index (χ1n) is 6.08. The summed E-state index contributed by atoms with van der Waals surface area (Å²) in [6, 6.07) is 11.3. The van der Waals surface area contributed by atoms with Crippen LogP contribution in [0.15, 0.2) is 42.6 Å². The van der Waals surface area contributed by atoms with Gasteiger partial charge in [0.05, 0.1) is 0 Å². The second-order valence-corrected chi connectivity index (χ2v) is 4.14. The largest absolute Gasteiger partial charge is 0.352 e. The van der Waals surface area contributed by atoms with Crippen molar-refractivity contribution in [1.29, 1.82) is 5.26 Å². The van der Waals surface area contributed by atoms with Crippen LogP contribution in [0.5, 0.6) is 0 Å². The Labute approximate surface area is 115 Å². The molecule has 0 fully saturated rings. The topological polar surface area (TPSA) is 65.8 Å². The molecular formula is C15H12FN3O. The van der Waals surface area contributed by atoms with Crippen LogP contribution in [0.4, 0.5) is 4.39 Å². The molecule has 1 heterocycles. The standard InChI is InChI=1S/C15H12FN3O/c16-14-4-2-1-3-11(14)5-8-19-15(20)12-6-7-18-13(9-12)10-17/h1-4,6-7,9H,5,8H2,(H,19,20). The monoisotopic (exact) mass is 269 g/mol. The van der Waals surface area contributed by atoms with E-state index >= 15 is 0 Å².